The minimum atomic E-state index is -0.533. The Balaban J connectivity index is 2.40. The van der Waals surface area contributed by atoms with Crippen molar-refractivity contribution in [1.29, 1.82) is 0 Å². The first-order chi connectivity index (χ1) is 9.41. The standard InChI is InChI=1S/C16H15BrFNO/c1-10-7-8-14(11(2)9-10)19(3)16(20)12-5-4-6-13(17)15(12)18/h4-9H,1-3H3. The van der Waals surface area contributed by atoms with Gasteiger partial charge in [-0.15, -0.1) is 0 Å². The number of hydrogen-bond acceptors (Lipinski definition) is 1. The Morgan fingerprint density at radius 1 is 1.20 bits per heavy atom. The summed E-state index contributed by atoms with van der Waals surface area (Å²) < 4.78 is 14.3. The SMILES string of the molecule is Cc1ccc(N(C)C(=O)c2cccc(Br)c2F)c(C)c1. The summed E-state index contributed by atoms with van der Waals surface area (Å²) in [6, 6.07) is 10.5. The summed E-state index contributed by atoms with van der Waals surface area (Å²) in [4.78, 5) is 13.9. The number of amides is 1. The molecule has 2 rings (SSSR count). The predicted molar refractivity (Wildman–Crippen MR) is 82.7 cm³/mol. The van der Waals surface area contributed by atoms with Crippen LogP contribution in [0.5, 0.6) is 0 Å². The van der Waals surface area contributed by atoms with Gasteiger partial charge >= 0.3 is 0 Å². The number of nitrogens with zero attached hydrogens (tertiary/aromatic N) is 1. The number of rotatable bonds is 2. The lowest BCUT2D eigenvalue weighted by Crippen LogP contribution is -2.27. The number of aryl methyl sites for hydroxylation is 2. The van der Waals surface area contributed by atoms with Crippen molar-refractivity contribution in [2.75, 3.05) is 11.9 Å². The van der Waals surface area contributed by atoms with Gasteiger partial charge in [0.1, 0.15) is 5.82 Å². The molecule has 0 unspecified atom stereocenters. The first-order valence-corrected chi connectivity index (χ1v) is 7.00. The molecule has 0 aliphatic rings. The zero-order valence-electron chi connectivity index (χ0n) is 11.6. The summed E-state index contributed by atoms with van der Waals surface area (Å²) in [5.41, 5.74) is 2.94. The Hall–Kier alpha value is -1.68. The van der Waals surface area contributed by atoms with E-state index in [1.165, 1.54) is 11.0 Å². The number of halogens is 2. The molecule has 0 saturated carbocycles. The van der Waals surface area contributed by atoms with E-state index in [0.29, 0.717) is 0 Å². The second-order valence-corrected chi connectivity index (χ2v) is 5.61. The molecule has 0 radical (unpaired) electrons. The minimum Gasteiger partial charge on any atom is -0.311 e. The second-order valence-electron chi connectivity index (χ2n) is 4.76. The number of hydrogen-bond donors (Lipinski definition) is 0. The first-order valence-electron chi connectivity index (χ1n) is 6.21. The van der Waals surface area contributed by atoms with E-state index in [1.54, 1.807) is 19.2 Å². The lowest BCUT2D eigenvalue weighted by molar-refractivity contribution is 0.0989. The highest BCUT2D eigenvalue weighted by Gasteiger charge is 2.19. The molecular formula is C16H15BrFNO. The van der Waals surface area contributed by atoms with Crippen LogP contribution >= 0.6 is 15.9 Å². The normalized spacial score (nSPS) is 10.4. The van der Waals surface area contributed by atoms with Crippen LogP contribution in [0.25, 0.3) is 0 Å². The topological polar surface area (TPSA) is 20.3 Å². The molecule has 4 heteroatoms. The van der Waals surface area contributed by atoms with Crippen LogP contribution in [0.4, 0.5) is 10.1 Å². The Morgan fingerprint density at radius 2 is 1.90 bits per heavy atom. The number of carbonyl (C=O) groups is 1. The van der Waals surface area contributed by atoms with Gasteiger partial charge in [-0.3, -0.25) is 4.79 Å². The van der Waals surface area contributed by atoms with E-state index in [4.69, 9.17) is 0 Å². The number of anilines is 1. The zero-order valence-corrected chi connectivity index (χ0v) is 13.2. The van der Waals surface area contributed by atoms with Gasteiger partial charge in [0.05, 0.1) is 10.0 Å². The maximum atomic E-state index is 14.0. The molecule has 0 heterocycles. The quantitative estimate of drug-likeness (QED) is 0.792. The van der Waals surface area contributed by atoms with Gasteiger partial charge < -0.3 is 4.90 Å². The number of benzene rings is 2. The van der Waals surface area contributed by atoms with E-state index in [0.717, 1.165) is 16.8 Å². The zero-order chi connectivity index (χ0) is 14.9. The van der Waals surface area contributed by atoms with Crippen molar-refractivity contribution < 1.29 is 9.18 Å². The van der Waals surface area contributed by atoms with Crippen LogP contribution in [0.1, 0.15) is 21.5 Å². The first kappa shape index (κ1) is 14.7. The molecule has 0 N–H and O–H groups in total. The van der Waals surface area contributed by atoms with E-state index in [9.17, 15) is 9.18 Å². The average molecular weight is 336 g/mol. The van der Waals surface area contributed by atoms with Crippen LogP contribution in [0.3, 0.4) is 0 Å². The molecule has 0 atom stereocenters. The molecule has 2 aromatic carbocycles. The fraction of sp³-hybridized carbons (Fsp3) is 0.188. The third-order valence-corrected chi connectivity index (χ3v) is 3.81. The van der Waals surface area contributed by atoms with Crippen LogP contribution in [-0.2, 0) is 0 Å². The summed E-state index contributed by atoms with van der Waals surface area (Å²) in [7, 11) is 1.65. The van der Waals surface area contributed by atoms with Gasteiger partial charge in [-0.05, 0) is 53.5 Å². The van der Waals surface area contributed by atoms with Crippen LogP contribution in [-0.4, -0.2) is 13.0 Å². The molecule has 0 saturated heterocycles. The van der Waals surface area contributed by atoms with Crippen molar-refractivity contribution in [1.82, 2.24) is 0 Å². The van der Waals surface area contributed by atoms with E-state index >= 15 is 0 Å². The van der Waals surface area contributed by atoms with Crippen molar-refractivity contribution in [3.8, 4) is 0 Å². The molecular weight excluding hydrogens is 321 g/mol. The van der Waals surface area contributed by atoms with Crippen LogP contribution in [0.2, 0.25) is 0 Å². The van der Waals surface area contributed by atoms with Crippen LogP contribution in [0, 0.1) is 19.7 Å². The minimum absolute atomic E-state index is 0.0573. The van der Waals surface area contributed by atoms with E-state index in [2.05, 4.69) is 15.9 Å². The van der Waals surface area contributed by atoms with Gasteiger partial charge in [0, 0.05) is 12.7 Å². The molecule has 0 aliphatic carbocycles. The molecule has 0 bridgehead atoms. The van der Waals surface area contributed by atoms with Gasteiger partial charge in [-0.25, -0.2) is 4.39 Å². The maximum Gasteiger partial charge on any atom is 0.261 e. The molecule has 2 nitrogen and oxygen atoms in total. The van der Waals surface area contributed by atoms with E-state index in [-0.39, 0.29) is 15.9 Å². The third kappa shape index (κ3) is 2.75. The predicted octanol–water partition coefficient (Wildman–Crippen LogP) is 4.48. The summed E-state index contributed by atoms with van der Waals surface area (Å²) in [6.07, 6.45) is 0. The Morgan fingerprint density at radius 3 is 2.55 bits per heavy atom. The molecule has 0 aliphatic heterocycles. The van der Waals surface area contributed by atoms with E-state index < -0.39 is 5.82 Å². The maximum absolute atomic E-state index is 14.0. The molecule has 0 fully saturated rings. The third-order valence-electron chi connectivity index (χ3n) is 3.20. The van der Waals surface area contributed by atoms with Gasteiger partial charge in [0.15, 0.2) is 0 Å². The van der Waals surface area contributed by atoms with Gasteiger partial charge in [0.25, 0.3) is 5.91 Å². The molecule has 0 aromatic heterocycles. The Kier molecular flexibility index (Phi) is 4.23. The van der Waals surface area contributed by atoms with Crippen molar-refractivity contribution in [3.05, 3.63) is 63.4 Å². The highest BCUT2D eigenvalue weighted by Crippen LogP contribution is 2.24. The highest BCUT2D eigenvalue weighted by molar-refractivity contribution is 9.10. The molecule has 1 amide bonds. The average Bonchev–Trinajstić information content (AvgIpc) is 2.40. The molecule has 104 valence electrons. The van der Waals surface area contributed by atoms with Crippen molar-refractivity contribution in [2.45, 2.75) is 13.8 Å². The summed E-state index contributed by atoms with van der Waals surface area (Å²) in [6.45, 7) is 3.93. The summed E-state index contributed by atoms with van der Waals surface area (Å²) in [5.74, 6) is -0.898. The fourth-order valence-electron chi connectivity index (χ4n) is 2.14. The van der Waals surface area contributed by atoms with E-state index in [1.807, 2.05) is 32.0 Å². The Bertz CT molecular complexity index is 670. The Labute approximate surface area is 126 Å². The lowest BCUT2D eigenvalue weighted by Gasteiger charge is -2.20. The van der Waals surface area contributed by atoms with Crippen LogP contribution in [0.15, 0.2) is 40.9 Å². The smallest absolute Gasteiger partial charge is 0.261 e. The summed E-state index contributed by atoms with van der Waals surface area (Å²) in [5, 5.41) is 0. The fourth-order valence-corrected chi connectivity index (χ4v) is 2.51. The highest BCUT2D eigenvalue weighted by atomic mass is 79.9. The monoisotopic (exact) mass is 335 g/mol. The van der Waals surface area contributed by atoms with Crippen LogP contribution < -0.4 is 4.90 Å². The van der Waals surface area contributed by atoms with Gasteiger partial charge in [-0.1, -0.05) is 23.8 Å². The van der Waals surface area contributed by atoms with Crippen molar-refractivity contribution in [2.24, 2.45) is 0 Å². The lowest BCUT2D eigenvalue weighted by atomic mass is 10.1. The van der Waals surface area contributed by atoms with Gasteiger partial charge in [0.2, 0.25) is 0 Å². The van der Waals surface area contributed by atoms with Crippen molar-refractivity contribution >= 4 is 27.5 Å². The molecule has 20 heavy (non-hydrogen) atoms. The van der Waals surface area contributed by atoms with Gasteiger partial charge in [-0.2, -0.15) is 0 Å². The molecule has 0 spiro atoms. The largest absolute Gasteiger partial charge is 0.311 e. The number of carbonyl (C=O) groups excluding carboxylic acids is 1. The van der Waals surface area contributed by atoms with Crippen molar-refractivity contribution in [3.63, 3.8) is 0 Å². The summed E-state index contributed by atoms with van der Waals surface area (Å²) >= 11 is 3.10. The molecule has 2 aromatic rings. The second kappa shape index (κ2) is 5.75.